The van der Waals surface area contributed by atoms with Crippen molar-refractivity contribution in [3.63, 3.8) is 0 Å². The summed E-state index contributed by atoms with van der Waals surface area (Å²) in [6, 6.07) is 3.75. The Morgan fingerprint density at radius 1 is 1.47 bits per heavy atom. The van der Waals surface area contributed by atoms with Gasteiger partial charge in [-0.2, -0.15) is 0 Å². The minimum Gasteiger partial charge on any atom is -0.444 e. The molecule has 0 aromatic carbocycles. The van der Waals surface area contributed by atoms with Crippen LogP contribution in [-0.4, -0.2) is 25.0 Å². The van der Waals surface area contributed by atoms with E-state index >= 15 is 0 Å². The second kappa shape index (κ2) is 3.35. The number of carbonyl (C=O) groups is 1. The highest BCUT2D eigenvalue weighted by atomic mass is 79.9. The van der Waals surface area contributed by atoms with Crippen molar-refractivity contribution in [2.24, 2.45) is 11.8 Å². The molecule has 0 radical (unpaired) electrons. The van der Waals surface area contributed by atoms with Crippen molar-refractivity contribution >= 4 is 21.8 Å². The van der Waals surface area contributed by atoms with E-state index in [1.165, 1.54) is 0 Å². The summed E-state index contributed by atoms with van der Waals surface area (Å²) in [4.78, 5) is 11.7. The number of rotatable bonds is 2. The Balaban J connectivity index is 1.62. The van der Waals surface area contributed by atoms with Gasteiger partial charge in [0.25, 0.3) is 5.91 Å². The van der Waals surface area contributed by atoms with E-state index < -0.39 is 0 Å². The third-order valence-electron chi connectivity index (χ3n) is 3.19. The smallest absolute Gasteiger partial charge is 0.287 e. The zero-order valence-corrected chi connectivity index (χ0v) is 9.58. The van der Waals surface area contributed by atoms with Crippen LogP contribution in [0.2, 0.25) is 0 Å². The monoisotopic (exact) mass is 270 g/mol. The first-order chi connectivity index (χ1) is 7.25. The van der Waals surface area contributed by atoms with Gasteiger partial charge in [0, 0.05) is 19.1 Å². The highest BCUT2D eigenvalue weighted by Gasteiger charge is 2.53. The van der Waals surface area contributed by atoms with Gasteiger partial charge in [0.2, 0.25) is 0 Å². The SMILES string of the molecule is O=C(NC1C2CNCC21)c1ccc(Br)o1. The van der Waals surface area contributed by atoms with Crippen LogP contribution in [0.25, 0.3) is 0 Å². The molecule has 1 aromatic rings. The molecular weight excluding hydrogens is 260 g/mol. The van der Waals surface area contributed by atoms with Gasteiger partial charge in [0.15, 0.2) is 10.4 Å². The van der Waals surface area contributed by atoms with Gasteiger partial charge in [-0.1, -0.05) is 0 Å². The van der Waals surface area contributed by atoms with Crippen molar-refractivity contribution < 1.29 is 9.21 Å². The number of fused-ring (bicyclic) bond motifs is 1. The average Bonchev–Trinajstić information content (AvgIpc) is 2.66. The molecule has 80 valence electrons. The summed E-state index contributed by atoms with van der Waals surface area (Å²) in [5.74, 6) is 1.53. The quantitative estimate of drug-likeness (QED) is 0.843. The minimum absolute atomic E-state index is 0.111. The first-order valence-electron chi connectivity index (χ1n) is 5.02. The zero-order valence-electron chi connectivity index (χ0n) is 8.00. The Bertz CT molecular complexity index is 394. The maximum absolute atomic E-state index is 11.7. The molecule has 0 bridgehead atoms. The predicted molar refractivity (Wildman–Crippen MR) is 57.5 cm³/mol. The lowest BCUT2D eigenvalue weighted by Crippen LogP contribution is -2.32. The maximum Gasteiger partial charge on any atom is 0.287 e. The van der Waals surface area contributed by atoms with E-state index in [0.29, 0.717) is 28.3 Å². The van der Waals surface area contributed by atoms with Gasteiger partial charge in [0.1, 0.15) is 0 Å². The highest BCUT2D eigenvalue weighted by Crippen LogP contribution is 2.41. The number of hydrogen-bond acceptors (Lipinski definition) is 3. The van der Waals surface area contributed by atoms with Gasteiger partial charge in [-0.15, -0.1) is 0 Å². The molecule has 5 heteroatoms. The van der Waals surface area contributed by atoms with Gasteiger partial charge in [0.05, 0.1) is 0 Å². The average molecular weight is 271 g/mol. The Hall–Kier alpha value is -0.810. The molecule has 1 aliphatic carbocycles. The molecule has 1 amide bonds. The highest BCUT2D eigenvalue weighted by molar-refractivity contribution is 9.10. The fourth-order valence-corrected chi connectivity index (χ4v) is 2.60. The molecule has 2 unspecified atom stereocenters. The van der Waals surface area contributed by atoms with E-state index in [9.17, 15) is 4.79 Å². The number of piperidine rings is 1. The first kappa shape index (κ1) is 9.42. The summed E-state index contributed by atoms with van der Waals surface area (Å²) in [5.41, 5.74) is 0. The molecule has 2 N–H and O–H groups in total. The van der Waals surface area contributed by atoms with Crippen LogP contribution in [-0.2, 0) is 0 Å². The van der Waals surface area contributed by atoms with Crippen LogP contribution in [0.3, 0.4) is 0 Å². The predicted octanol–water partition coefficient (Wildman–Crippen LogP) is 0.990. The van der Waals surface area contributed by atoms with Gasteiger partial charge in [-0.25, -0.2) is 0 Å². The number of furan rings is 1. The van der Waals surface area contributed by atoms with Crippen molar-refractivity contribution in [2.45, 2.75) is 6.04 Å². The molecule has 2 heterocycles. The molecule has 2 atom stereocenters. The molecule has 1 aromatic heterocycles. The molecule has 0 spiro atoms. The summed E-state index contributed by atoms with van der Waals surface area (Å²) in [6.07, 6.45) is 0. The van der Waals surface area contributed by atoms with Crippen molar-refractivity contribution in [3.8, 4) is 0 Å². The van der Waals surface area contributed by atoms with E-state index in [4.69, 9.17) is 4.42 Å². The van der Waals surface area contributed by atoms with Crippen LogP contribution >= 0.6 is 15.9 Å². The summed E-state index contributed by atoms with van der Waals surface area (Å²) in [7, 11) is 0. The Morgan fingerprint density at radius 3 is 2.80 bits per heavy atom. The Morgan fingerprint density at radius 2 is 2.20 bits per heavy atom. The lowest BCUT2D eigenvalue weighted by molar-refractivity contribution is 0.0917. The molecule has 2 aliphatic rings. The van der Waals surface area contributed by atoms with Crippen LogP contribution < -0.4 is 10.6 Å². The first-order valence-corrected chi connectivity index (χ1v) is 5.82. The van der Waals surface area contributed by atoms with E-state index in [1.54, 1.807) is 12.1 Å². The summed E-state index contributed by atoms with van der Waals surface area (Å²) in [6.45, 7) is 2.05. The normalized spacial score (nSPS) is 32.5. The van der Waals surface area contributed by atoms with Crippen LogP contribution in [0.5, 0.6) is 0 Å². The van der Waals surface area contributed by atoms with E-state index in [0.717, 1.165) is 13.1 Å². The summed E-state index contributed by atoms with van der Waals surface area (Å²) in [5, 5.41) is 6.28. The lowest BCUT2D eigenvalue weighted by atomic mass is 10.4. The fourth-order valence-electron chi connectivity index (χ4n) is 2.29. The summed E-state index contributed by atoms with van der Waals surface area (Å²) < 4.78 is 5.77. The fraction of sp³-hybridized carbons (Fsp3) is 0.500. The van der Waals surface area contributed by atoms with Gasteiger partial charge in [-0.3, -0.25) is 4.79 Å². The van der Waals surface area contributed by atoms with Crippen molar-refractivity contribution in [2.75, 3.05) is 13.1 Å². The van der Waals surface area contributed by atoms with E-state index in [1.807, 2.05) is 0 Å². The Labute approximate surface area is 95.5 Å². The van der Waals surface area contributed by atoms with E-state index in [-0.39, 0.29) is 5.91 Å². The third-order valence-corrected chi connectivity index (χ3v) is 3.61. The maximum atomic E-state index is 11.7. The molecule has 1 saturated heterocycles. The molecule has 4 nitrogen and oxygen atoms in total. The van der Waals surface area contributed by atoms with E-state index in [2.05, 4.69) is 26.6 Å². The number of halogens is 1. The number of hydrogen-bond donors (Lipinski definition) is 2. The topological polar surface area (TPSA) is 54.3 Å². The Kier molecular flexibility index (Phi) is 2.10. The summed E-state index contributed by atoms with van der Waals surface area (Å²) >= 11 is 3.17. The minimum atomic E-state index is -0.111. The largest absolute Gasteiger partial charge is 0.444 e. The molecule has 3 rings (SSSR count). The second-order valence-corrected chi connectivity index (χ2v) is 4.87. The number of carbonyl (C=O) groups excluding carboxylic acids is 1. The molecule has 15 heavy (non-hydrogen) atoms. The standard InChI is InChI=1S/C10H11BrN2O2/c11-8-2-1-7(15-8)10(14)13-9-5-3-12-4-6(5)9/h1-2,5-6,9,12H,3-4H2,(H,13,14). The second-order valence-electron chi connectivity index (χ2n) is 4.09. The third kappa shape index (κ3) is 1.59. The van der Waals surface area contributed by atoms with Crippen LogP contribution in [0, 0.1) is 11.8 Å². The van der Waals surface area contributed by atoms with Gasteiger partial charge < -0.3 is 15.1 Å². The molecule has 1 aliphatic heterocycles. The van der Waals surface area contributed by atoms with Gasteiger partial charge >= 0.3 is 0 Å². The van der Waals surface area contributed by atoms with Crippen molar-refractivity contribution in [3.05, 3.63) is 22.6 Å². The van der Waals surface area contributed by atoms with Crippen LogP contribution in [0.4, 0.5) is 0 Å². The molecular formula is C10H11BrN2O2. The van der Waals surface area contributed by atoms with Crippen molar-refractivity contribution in [1.29, 1.82) is 0 Å². The van der Waals surface area contributed by atoms with Crippen molar-refractivity contribution in [1.82, 2.24) is 10.6 Å². The zero-order chi connectivity index (χ0) is 10.4. The number of nitrogens with one attached hydrogen (secondary N) is 2. The number of amides is 1. The van der Waals surface area contributed by atoms with Gasteiger partial charge in [-0.05, 0) is 39.9 Å². The van der Waals surface area contributed by atoms with Crippen LogP contribution in [0.1, 0.15) is 10.6 Å². The van der Waals surface area contributed by atoms with Crippen LogP contribution in [0.15, 0.2) is 21.2 Å². The molecule has 2 fully saturated rings. The molecule has 1 saturated carbocycles. The lowest BCUT2D eigenvalue weighted by Gasteiger charge is -2.05.